The Bertz CT molecular complexity index is 380. The third-order valence-corrected chi connectivity index (χ3v) is 3.78. The van der Waals surface area contributed by atoms with Gasteiger partial charge in [-0.3, -0.25) is 4.79 Å². The summed E-state index contributed by atoms with van der Waals surface area (Å²) >= 11 is 9.40. The fourth-order valence-electron chi connectivity index (χ4n) is 1.64. The van der Waals surface area contributed by atoms with Crippen LogP contribution in [0.15, 0.2) is 22.7 Å². The van der Waals surface area contributed by atoms with Crippen LogP contribution in [0.3, 0.4) is 0 Å². The molecule has 1 atom stereocenters. The smallest absolute Gasteiger partial charge is 0.220 e. The predicted molar refractivity (Wildman–Crippen MR) is 59.3 cm³/mol. The average molecular weight is 275 g/mol. The number of amides is 1. The third-order valence-electron chi connectivity index (χ3n) is 2.35. The van der Waals surface area contributed by atoms with Gasteiger partial charge in [0.2, 0.25) is 5.91 Å². The molecule has 1 aliphatic rings. The molecule has 1 aliphatic heterocycles. The minimum Gasteiger partial charge on any atom is -0.349 e. The van der Waals surface area contributed by atoms with Gasteiger partial charge in [-0.2, -0.15) is 0 Å². The van der Waals surface area contributed by atoms with Crippen LogP contribution >= 0.6 is 27.5 Å². The molecule has 0 aliphatic carbocycles. The maximum Gasteiger partial charge on any atom is 0.220 e. The van der Waals surface area contributed by atoms with Crippen molar-refractivity contribution < 1.29 is 4.79 Å². The molecule has 0 bridgehead atoms. The van der Waals surface area contributed by atoms with Crippen molar-refractivity contribution in [2.24, 2.45) is 0 Å². The van der Waals surface area contributed by atoms with E-state index in [1.54, 1.807) is 0 Å². The van der Waals surface area contributed by atoms with Crippen molar-refractivity contribution in [1.29, 1.82) is 0 Å². The molecule has 1 unspecified atom stereocenters. The molecule has 0 saturated carbocycles. The number of benzene rings is 1. The summed E-state index contributed by atoms with van der Waals surface area (Å²) in [7, 11) is 0. The molecule has 1 aromatic carbocycles. The lowest BCUT2D eigenvalue weighted by molar-refractivity contribution is -0.119. The van der Waals surface area contributed by atoms with E-state index in [0.717, 1.165) is 16.5 Å². The van der Waals surface area contributed by atoms with Crippen molar-refractivity contribution in [2.75, 3.05) is 0 Å². The first-order chi connectivity index (χ1) is 6.68. The molecule has 1 heterocycles. The minimum absolute atomic E-state index is 0.107. The summed E-state index contributed by atoms with van der Waals surface area (Å²) in [6, 6.07) is 5.81. The van der Waals surface area contributed by atoms with Crippen molar-refractivity contribution in [3.05, 3.63) is 33.3 Å². The summed E-state index contributed by atoms with van der Waals surface area (Å²) in [6.45, 7) is 0. The van der Waals surface area contributed by atoms with Gasteiger partial charge in [-0.25, -0.2) is 0 Å². The van der Waals surface area contributed by atoms with Crippen LogP contribution in [0, 0.1) is 0 Å². The van der Waals surface area contributed by atoms with Gasteiger partial charge in [-0.05, 0) is 34.0 Å². The molecule has 2 nitrogen and oxygen atoms in total. The molecule has 14 heavy (non-hydrogen) atoms. The van der Waals surface area contributed by atoms with Crippen molar-refractivity contribution in [3.8, 4) is 0 Å². The first kappa shape index (κ1) is 9.99. The van der Waals surface area contributed by atoms with Gasteiger partial charge in [-0.1, -0.05) is 23.7 Å². The van der Waals surface area contributed by atoms with Gasteiger partial charge < -0.3 is 5.32 Å². The Morgan fingerprint density at radius 2 is 2.29 bits per heavy atom. The fraction of sp³-hybridized carbons (Fsp3) is 0.300. The molecule has 0 spiro atoms. The highest BCUT2D eigenvalue weighted by Gasteiger charge is 2.24. The van der Waals surface area contributed by atoms with Crippen LogP contribution < -0.4 is 5.32 Å². The lowest BCUT2D eigenvalue weighted by Crippen LogP contribution is -2.18. The number of carbonyl (C=O) groups is 1. The van der Waals surface area contributed by atoms with E-state index in [2.05, 4.69) is 21.2 Å². The van der Waals surface area contributed by atoms with Crippen LogP contribution in [0.4, 0.5) is 0 Å². The lowest BCUT2D eigenvalue weighted by Gasteiger charge is -2.12. The van der Waals surface area contributed by atoms with Gasteiger partial charge >= 0.3 is 0 Å². The van der Waals surface area contributed by atoms with Crippen molar-refractivity contribution >= 4 is 33.4 Å². The Kier molecular flexibility index (Phi) is 2.79. The molecular weight excluding hydrogens is 265 g/mol. The van der Waals surface area contributed by atoms with Crippen LogP contribution in [0.25, 0.3) is 0 Å². The number of hydrogen-bond acceptors (Lipinski definition) is 1. The fourth-order valence-corrected chi connectivity index (χ4v) is 2.36. The highest BCUT2D eigenvalue weighted by atomic mass is 79.9. The Morgan fingerprint density at radius 1 is 1.50 bits per heavy atom. The van der Waals surface area contributed by atoms with E-state index in [1.807, 2.05) is 18.2 Å². The van der Waals surface area contributed by atoms with E-state index >= 15 is 0 Å². The van der Waals surface area contributed by atoms with Crippen molar-refractivity contribution in [3.63, 3.8) is 0 Å². The quantitative estimate of drug-likeness (QED) is 0.838. The van der Waals surface area contributed by atoms with Crippen molar-refractivity contribution in [2.45, 2.75) is 18.9 Å². The second-order valence-corrected chi connectivity index (χ2v) is 4.50. The number of carbonyl (C=O) groups excluding carboxylic acids is 1. The molecule has 1 aromatic rings. The SMILES string of the molecule is O=C1CCC(c2cccc(Cl)c2Br)N1. The summed E-state index contributed by atoms with van der Waals surface area (Å²) in [5.41, 5.74) is 1.06. The van der Waals surface area contributed by atoms with Gasteiger partial charge in [-0.15, -0.1) is 0 Å². The Hall–Kier alpha value is -0.540. The van der Waals surface area contributed by atoms with Crippen molar-refractivity contribution in [1.82, 2.24) is 5.32 Å². The largest absolute Gasteiger partial charge is 0.349 e. The maximum atomic E-state index is 11.1. The molecule has 1 N–H and O–H groups in total. The monoisotopic (exact) mass is 273 g/mol. The van der Waals surface area contributed by atoms with E-state index in [-0.39, 0.29) is 11.9 Å². The Labute approximate surface area is 95.8 Å². The normalized spacial score (nSPS) is 21.0. The summed E-state index contributed by atoms with van der Waals surface area (Å²) in [5, 5.41) is 3.59. The summed E-state index contributed by atoms with van der Waals surface area (Å²) in [6.07, 6.45) is 1.45. The minimum atomic E-state index is 0.107. The second-order valence-electron chi connectivity index (χ2n) is 3.30. The van der Waals surface area contributed by atoms with Crippen LogP contribution in [-0.2, 0) is 4.79 Å². The molecule has 1 amide bonds. The third kappa shape index (κ3) is 1.79. The molecule has 0 aromatic heterocycles. The van der Waals surface area contributed by atoms with Gasteiger partial charge in [0.25, 0.3) is 0 Å². The molecule has 1 saturated heterocycles. The highest BCUT2D eigenvalue weighted by molar-refractivity contribution is 9.10. The van der Waals surface area contributed by atoms with E-state index in [9.17, 15) is 4.79 Å². The van der Waals surface area contributed by atoms with Crippen LogP contribution in [0.2, 0.25) is 5.02 Å². The predicted octanol–water partition coefficient (Wildman–Crippen LogP) is 3.05. The number of halogens is 2. The molecular formula is C10H9BrClNO. The first-order valence-corrected chi connectivity index (χ1v) is 5.59. The number of hydrogen-bond donors (Lipinski definition) is 1. The van der Waals surface area contributed by atoms with Crippen LogP contribution in [0.1, 0.15) is 24.4 Å². The zero-order chi connectivity index (χ0) is 10.1. The summed E-state index contributed by atoms with van der Waals surface area (Å²) < 4.78 is 0.883. The van der Waals surface area contributed by atoms with Gasteiger partial charge in [0, 0.05) is 10.9 Å². The topological polar surface area (TPSA) is 29.1 Å². The zero-order valence-electron chi connectivity index (χ0n) is 7.39. The Balaban J connectivity index is 2.32. The van der Waals surface area contributed by atoms with E-state index < -0.39 is 0 Å². The average Bonchev–Trinajstić information content (AvgIpc) is 2.57. The zero-order valence-corrected chi connectivity index (χ0v) is 9.73. The van der Waals surface area contributed by atoms with E-state index in [1.165, 1.54) is 0 Å². The van der Waals surface area contributed by atoms with Gasteiger partial charge in [0.1, 0.15) is 0 Å². The highest BCUT2D eigenvalue weighted by Crippen LogP contribution is 2.33. The summed E-state index contributed by atoms with van der Waals surface area (Å²) in [5.74, 6) is 0.113. The molecule has 4 heteroatoms. The standard InChI is InChI=1S/C10H9BrClNO/c11-10-6(2-1-3-7(10)12)8-4-5-9(14)13-8/h1-3,8H,4-5H2,(H,13,14). The molecule has 74 valence electrons. The van der Waals surface area contributed by atoms with Gasteiger partial charge in [0.15, 0.2) is 0 Å². The van der Waals surface area contributed by atoms with Crippen LogP contribution in [-0.4, -0.2) is 5.91 Å². The van der Waals surface area contributed by atoms with E-state index in [0.29, 0.717) is 11.4 Å². The molecule has 0 radical (unpaired) electrons. The maximum absolute atomic E-state index is 11.1. The second kappa shape index (κ2) is 3.91. The van der Waals surface area contributed by atoms with Gasteiger partial charge in [0.05, 0.1) is 11.1 Å². The lowest BCUT2D eigenvalue weighted by atomic mass is 10.1. The van der Waals surface area contributed by atoms with E-state index in [4.69, 9.17) is 11.6 Å². The number of nitrogens with one attached hydrogen (secondary N) is 1. The number of rotatable bonds is 1. The molecule has 1 fully saturated rings. The summed E-state index contributed by atoms with van der Waals surface area (Å²) in [4.78, 5) is 11.1. The molecule has 2 rings (SSSR count). The first-order valence-electron chi connectivity index (χ1n) is 4.42. The van der Waals surface area contributed by atoms with Crippen LogP contribution in [0.5, 0.6) is 0 Å². The Morgan fingerprint density at radius 3 is 2.93 bits per heavy atom.